The van der Waals surface area contributed by atoms with E-state index in [0.29, 0.717) is 11.8 Å². The number of phosphoric ester groups is 1. The predicted octanol–water partition coefficient (Wildman–Crippen LogP) is 12.1. The van der Waals surface area contributed by atoms with Crippen molar-refractivity contribution in [1.82, 2.24) is 0 Å². The number of hydrogen-bond donors (Lipinski definition) is 2. The Balaban J connectivity index is 0. The molecule has 0 heterocycles. The Hall–Kier alpha value is 0.0500. The Morgan fingerprint density at radius 1 is 0.472 bits per heavy atom. The molecule has 0 aliphatic rings. The first-order chi connectivity index (χ1) is 24.4. The minimum atomic E-state index is -4.78. The summed E-state index contributed by atoms with van der Waals surface area (Å²) in [6, 6.07) is 0. The van der Waals surface area contributed by atoms with Gasteiger partial charge >= 0.3 is 19.8 Å². The Kier molecular flexibility index (Phi) is 34.4. The molecule has 10 heteroatoms. The zero-order valence-corrected chi connectivity index (χ0v) is 39.4. The maximum absolute atomic E-state index is 12.7. The van der Waals surface area contributed by atoms with Crippen molar-refractivity contribution in [3.63, 3.8) is 0 Å². The molecule has 0 bridgehead atoms. The van der Waals surface area contributed by atoms with Crippen molar-refractivity contribution >= 4 is 49.3 Å². The topological polar surface area (TPSA) is 119 Å². The fourth-order valence-corrected chi connectivity index (χ4v) is 7.49. The molecular formula is C43H85NaO8P. The summed E-state index contributed by atoms with van der Waals surface area (Å²) in [4.78, 5) is 43.8. The van der Waals surface area contributed by atoms with Gasteiger partial charge in [0.2, 0.25) is 0 Å². The number of rotatable bonds is 34. The van der Waals surface area contributed by atoms with Gasteiger partial charge in [-0.3, -0.25) is 14.1 Å². The van der Waals surface area contributed by atoms with Gasteiger partial charge < -0.3 is 19.3 Å². The van der Waals surface area contributed by atoms with E-state index in [4.69, 9.17) is 9.47 Å². The van der Waals surface area contributed by atoms with Gasteiger partial charge in [0.1, 0.15) is 6.61 Å². The van der Waals surface area contributed by atoms with E-state index in [1.54, 1.807) is 0 Å². The number of carbonyl (C=O) groups is 2. The minimum Gasteiger partial charge on any atom is -0.462 e. The molecule has 53 heavy (non-hydrogen) atoms. The second-order valence-corrected chi connectivity index (χ2v) is 19.2. The summed E-state index contributed by atoms with van der Waals surface area (Å²) >= 11 is 0. The van der Waals surface area contributed by atoms with E-state index < -0.39 is 32.5 Å². The molecule has 7 atom stereocenters. The third kappa shape index (κ3) is 37.4. The van der Waals surface area contributed by atoms with Gasteiger partial charge in [-0.1, -0.05) is 185 Å². The molecular weight excluding hydrogens is 698 g/mol. The van der Waals surface area contributed by atoms with Crippen molar-refractivity contribution in [2.45, 2.75) is 204 Å². The smallest absolute Gasteiger partial charge is 0.462 e. The summed E-state index contributed by atoms with van der Waals surface area (Å²) < 4.78 is 26.9. The zero-order valence-electron chi connectivity index (χ0n) is 36.5. The van der Waals surface area contributed by atoms with Crippen LogP contribution in [0.2, 0.25) is 0 Å². The monoisotopic (exact) mass is 784 g/mol. The molecule has 311 valence electrons. The summed E-state index contributed by atoms with van der Waals surface area (Å²) in [5, 5.41) is 0. The van der Waals surface area contributed by atoms with Crippen LogP contribution < -0.4 is 0 Å². The average molecular weight is 784 g/mol. The summed E-state index contributed by atoms with van der Waals surface area (Å²) in [6.07, 6.45) is 21.1. The molecule has 0 amide bonds. The third-order valence-electron chi connectivity index (χ3n) is 10.7. The van der Waals surface area contributed by atoms with Crippen molar-refractivity contribution in [3.05, 3.63) is 0 Å². The molecule has 0 rings (SSSR count). The van der Waals surface area contributed by atoms with Crippen LogP contribution in [-0.4, -0.2) is 70.6 Å². The Morgan fingerprint density at radius 3 is 1.09 bits per heavy atom. The van der Waals surface area contributed by atoms with E-state index in [-0.39, 0.29) is 60.8 Å². The molecule has 2 N–H and O–H groups in total. The SMILES string of the molecule is CC(C)CCCC(C)CCCC(C)CCCC(C)CC(=O)OC[C@H](COP(=O)(O)O)OC(=O)CC(C)CCCC(C)CCCC(C)CCCC(C)C.[Na]. The van der Waals surface area contributed by atoms with Crippen LogP contribution in [0.25, 0.3) is 0 Å². The summed E-state index contributed by atoms with van der Waals surface area (Å²) in [6.45, 7) is 21.8. The average Bonchev–Trinajstić information content (AvgIpc) is 3.01. The third-order valence-corrected chi connectivity index (χ3v) is 11.2. The predicted molar refractivity (Wildman–Crippen MR) is 222 cm³/mol. The Morgan fingerprint density at radius 2 is 0.774 bits per heavy atom. The van der Waals surface area contributed by atoms with E-state index in [9.17, 15) is 23.9 Å². The van der Waals surface area contributed by atoms with Gasteiger partial charge in [0.05, 0.1) is 6.61 Å². The van der Waals surface area contributed by atoms with Crippen molar-refractivity contribution in [2.75, 3.05) is 13.2 Å². The van der Waals surface area contributed by atoms with Gasteiger partial charge in [0, 0.05) is 42.4 Å². The van der Waals surface area contributed by atoms with E-state index in [2.05, 4.69) is 59.9 Å². The molecule has 0 spiro atoms. The molecule has 0 saturated heterocycles. The normalized spacial score (nSPS) is 16.0. The van der Waals surface area contributed by atoms with Gasteiger partial charge in [-0.2, -0.15) is 0 Å². The van der Waals surface area contributed by atoms with Gasteiger partial charge in [0.15, 0.2) is 6.10 Å². The van der Waals surface area contributed by atoms with Crippen LogP contribution in [0.15, 0.2) is 0 Å². The molecule has 1 radical (unpaired) electrons. The van der Waals surface area contributed by atoms with Gasteiger partial charge in [0.25, 0.3) is 0 Å². The molecule has 0 aromatic rings. The second-order valence-electron chi connectivity index (χ2n) is 18.0. The molecule has 0 fully saturated rings. The van der Waals surface area contributed by atoms with Crippen molar-refractivity contribution in [1.29, 1.82) is 0 Å². The number of esters is 2. The molecule has 0 aromatic carbocycles. The van der Waals surface area contributed by atoms with E-state index in [1.807, 2.05) is 13.8 Å². The van der Waals surface area contributed by atoms with Crippen molar-refractivity contribution in [3.8, 4) is 0 Å². The molecule has 6 unspecified atom stereocenters. The number of carbonyl (C=O) groups excluding carboxylic acids is 2. The van der Waals surface area contributed by atoms with E-state index in [1.165, 1.54) is 77.0 Å². The minimum absolute atomic E-state index is 0. The molecule has 8 nitrogen and oxygen atoms in total. The van der Waals surface area contributed by atoms with Crippen molar-refractivity contribution < 1.29 is 37.9 Å². The summed E-state index contributed by atoms with van der Waals surface area (Å²) in [5.41, 5.74) is 0. The fourth-order valence-electron chi connectivity index (χ4n) is 7.13. The second kappa shape index (κ2) is 33.1. The quantitative estimate of drug-likeness (QED) is 0.0376. The van der Waals surface area contributed by atoms with Crippen LogP contribution in [0.5, 0.6) is 0 Å². The molecule has 0 saturated carbocycles. The first kappa shape index (κ1) is 55.1. The van der Waals surface area contributed by atoms with Crippen LogP contribution in [0, 0.1) is 47.3 Å². The van der Waals surface area contributed by atoms with Crippen LogP contribution in [0.4, 0.5) is 0 Å². The summed E-state index contributed by atoms with van der Waals surface area (Å²) in [5.74, 6) is 3.87. The number of hydrogen-bond acceptors (Lipinski definition) is 6. The largest absolute Gasteiger partial charge is 0.469 e. The Labute approximate surface area is 349 Å². The zero-order chi connectivity index (χ0) is 39.5. The maximum atomic E-state index is 12.7. The van der Waals surface area contributed by atoms with E-state index in [0.717, 1.165) is 62.2 Å². The van der Waals surface area contributed by atoms with Crippen LogP contribution in [0.1, 0.15) is 198 Å². The first-order valence-corrected chi connectivity index (χ1v) is 22.9. The summed E-state index contributed by atoms with van der Waals surface area (Å²) in [7, 11) is -4.78. The van der Waals surface area contributed by atoms with Gasteiger partial charge in [-0.15, -0.1) is 0 Å². The van der Waals surface area contributed by atoms with Crippen molar-refractivity contribution in [2.24, 2.45) is 47.3 Å². The molecule has 0 aliphatic carbocycles. The number of ether oxygens (including phenoxy) is 2. The van der Waals surface area contributed by atoms with Gasteiger partial charge in [-0.25, -0.2) is 4.57 Å². The van der Waals surface area contributed by atoms with E-state index >= 15 is 0 Å². The molecule has 0 aromatic heterocycles. The van der Waals surface area contributed by atoms with Crippen LogP contribution in [-0.2, 0) is 28.2 Å². The van der Waals surface area contributed by atoms with Crippen LogP contribution >= 0.6 is 7.82 Å². The first-order valence-electron chi connectivity index (χ1n) is 21.4. The van der Waals surface area contributed by atoms with Crippen LogP contribution in [0.3, 0.4) is 0 Å². The molecule has 0 aliphatic heterocycles. The standard InChI is InChI=1S/C43H85O8P.Na/c1-33(2)17-11-19-35(5)21-13-23-37(7)25-15-27-39(9)29-42(44)49-31-41(32-50-52(46,47)48)51-43(45)30-40(10)28-16-26-38(8)24-14-22-36(6)20-12-18-34(3)4;/h33-41H,11-32H2,1-10H3,(H2,46,47,48);/t35?,36?,37?,38?,39?,40?,41-;/m1./s1. The Bertz CT molecular complexity index is 941. The fraction of sp³-hybridized carbons (Fsp3) is 0.953. The maximum Gasteiger partial charge on any atom is 0.469 e. The number of phosphoric acid groups is 1. The van der Waals surface area contributed by atoms with Gasteiger partial charge in [-0.05, 0) is 47.3 Å².